The Morgan fingerprint density at radius 2 is 1.89 bits per heavy atom. The second kappa shape index (κ2) is 5.72. The lowest BCUT2D eigenvalue weighted by Gasteiger charge is -2.37. The molecule has 0 aromatic rings. The van der Waals surface area contributed by atoms with E-state index in [1.54, 1.807) is 7.05 Å². The van der Waals surface area contributed by atoms with Crippen LogP contribution in [0.1, 0.15) is 52.9 Å². The van der Waals surface area contributed by atoms with Crippen molar-refractivity contribution in [1.29, 1.82) is 0 Å². The van der Waals surface area contributed by atoms with Crippen LogP contribution < -0.4 is 0 Å². The number of hydrogen-bond donors (Lipinski definition) is 1. The molecule has 0 aromatic heterocycles. The fourth-order valence-corrected chi connectivity index (χ4v) is 3.01. The smallest absolute Gasteiger partial charge is 0.329 e. The minimum absolute atomic E-state index is 0.166. The van der Waals surface area contributed by atoms with E-state index >= 15 is 0 Å². The predicted molar refractivity (Wildman–Crippen MR) is 70.2 cm³/mol. The van der Waals surface area contributed by atoms with Crippen LogP contribution in [0.4, 0.5) is 0 Å². The number of rotatable bonds is 3. The highest BCUT2D eigenvalue weighted by atomic mass is 16.4. The van der Waals surface area contributed by atoms with Crippen molar-refractivity contribution in [3.8, 4) is 0 Å². The highest BCUT2D eigenvalue weighted by Gasteiger charge is 2.45. The van der Waals surface area contributed by atoms with Gasteiger partial charge in [-0.05, 0) is 31.1 Å². The Balaban J connectivity index is 2.93. The fourth-order valence-electron chi connectivity index (χ4n) is 3.01. The van der Waals surface area contributed by atoms with Crippen LogP contribution in [0.3, 0.4) is 0 Å². The van der Waals surface area contributed by atoms with Gasteiger partial charge in [-0.25, -0.2) is 4.79 Å². The normalized spacial score (nSPS) is 28.8. The number of carbonyl (C=O) groups excluding carboxylic acids is 1. The standard InChI is InChI=1S/C14H25NO3/c1-10(2)12-6-5-8-14(9-7-12,13(17)18)15(4)11(3)16/h10,12H,5-9H2,1-4H3,(H,17,18). The summed E-state index contributed by atoms with van der Waals surface area (Å²) < 4.78 is 0. The quantitative estimate of drug-likeness (QED) is 0.788. The third-order valence-electron chi connectivity index (χ3n) is 4.55. The van der Waals surface area contributed by atoms with E-state index in [-0.39, 0.29) is 5.91 Å². The first-order chi connectivity index (χ1) is 8.31. The molecular formula is C14H25NO3. The lowest BCUT2D eigenvalue weighted by atomic mass is 9.85. The first-order valence-electron chi connectivity index (χ1n) is 6.79. The van der Waals surface area contributed by atoms with Crippen LogP contribution in [0.2, 0.25) is 0 Å². The van der Waals surface area contributed by atoms with Gasteiger partial charge in [-0.15, -0.1) is 0 Å². The van der Waals surface area contributed by atoms with Gasteiger partial charge in [0.2, 0.25) is 5.91 Å². The maximum atomic E-state index is 11.7. The number of aliphatic carboxylic acids is 1. The summed E-state index contributed by atoms with van der Waals surface area (Å²) in [5.41, 5.74) is -0.991. The van der Waals surface area contributed by atoms with Crippen LogP contribution >= 0.6 is 0 Å². The Bertz CT molecular complexity index is 327. The molecule has 2 unspecified atom stereocenters. The molecule has 104 valence electrons. The zero-order valence-corrected chi connectivity index (χ0v) is 11.9. The Morgan fingerprint density at radius 1 is 1.28 bits per heavy atom. The largest absolute Gasteiger partial charge is 0.479 e. The molecule has 0 spiro atoms. The summed E-state index contributed by atoms with van der Waals surface area (Å²) in [4.78, 5) is 24.6. The second-order valence-electron chi connectivity index (χ2n) is 5.85. The average molecular weight is 255 g/mol. The number of nitrogens with zero attached hydrogens (tertiary/aromatic N) is 1. The minimum Gasteiger partial charge on any atom is -0.479 e. The van der Waals surface area contributed by atoms with Crippen LogP contribution in [0.5, 0.6) is 0 Å². The van der Waals surface area contributed by atoms with E-state index in [9.17, 15) is 14.7 Å². The van der Waals surface area contributed by atoms with E-state index in [1.807, 2.05) is 0 Å². The van der Waals surface area contributed by atoms with Crippen LogP contribution in [0, 0.1) is 11.8 Å². The maximum absolute atomic E-state index is 11.7. The van der Waals surface area contributed by atoms with Gasteiger partial charge in [-0.2, -0.15) is 0 Å². The molecule has 1 N–H and O–H groups in total. The molecule has 2 atom stereocenters. The number of carboxylic acid groups (broad SMARTS) is 1. The average Bonchev–Trinajstić information content (AvgIpc) is 2.50. The highest BCUT2D eigenvalue weighted by molar-refractivity contribution is 5.85. The lowest BCUT2D eigenvalue weighted by Crippen LogP contribution is -2.54. The van der Waals surface area contributed by atoms with Crippen LogP contribution in [0.15, 0.2) is 0 Å². The monoisotopic (exact) mass is 255 g/mol. The molecule has 1 fully saturated rings. The van der Waals surface area contributed by atoms with E-state index in [4.69, 9.17) is 0 Å². The van der Waals surface area contributed by atoms with E-state index in [1.165, 1.54) is 11.8 Å². The third kappa shape index (κ3) is 2.85. The molecule has 0 aromatic carbocycles. The molecule has 0 radical (unpaired) electrons. The third-order valence-corrected chi connectivity index (χ3v) is 4.55. The Hall–Kier alpha value is -1.06. The highest BCUT2D eigenvalue weighted by Crippen LogP contribution is 2.37. The van der Waals surface area contributed by atoms with Crippen LogP contribution in [-0.2, 0) is 9.59 Å². The van der Waals surface area contributed by atoms with E-state index in [0.717, 1.165) is 19.3 Å². The van der Waals surface area contributed by atoms with Gasteiger partial charge in [0.15, 0.2) is 0 Å². The zero-order valence-electron chi connectivity index (χ0n) is 11.9. The molecule has 0 bridgehead atoms. The molecular weight excluding hydrogens is 230 g/mol. The van der Waals surface area contributed by atoms with Crippen molar-refractivity contribution in [2.75, 3.05) is 7.05 Å². The van der Waals surface area contributed by atoms with Gasteiger partial charge in [0, 0.05) is 14.0 Å². The Kier molecular flexibility index (Phi) is 4.77. The fraction of sp³-hybridized carbons (Fsp3) is 0.857. The SMILES string of the molecule is CC(=O)N(C)C1(C(=O)O)CCCC(C(C)C)CC1. The summed E-state index contributed by atoms with van der Waals surface area (Å²) in [6, 6.07) is 0. The molecule has 4 nitrogen and oxygen atoms in total. The number of amides is 1. The van der Waals surface area contributed by atoms with Crippen LogP contribution in [0.25, 0.3) is 0 Å². The number of carboxylic acids is 1. The molecule has 0 saturated heterocycles. The van der Waals surface area contributed by atoms with Gasteiger partial charge in [-0.1, -0.05) is 26.7 Å². The molecule has 0 heterocycles. The zero-order chi connectivity index (χ0) is 13.9. The van der Waals surface area contributed by atoms with Gasteiger partial charge in [0.1, 0.15) is 5.54 Å². The first kappa shape index (κ1) is 15.0. The van der Waals surface area contributed by atoms with Crippen molar-refractivity contribution in [3.05, 3.63) is 0 Å². The summed E-state index contributed by atoms with van der Waals surface area (Å²) in [6.07, 6.45) is 3.98. The summed E-state index contributed by atoms with van der Waals surface area (Å²) in [6.45, 7) is 5.82. The first-order valence-corrected chi connectivity index (χ1v) is 6.79. The predicted octanol–water partition coefficient (Wildman–Crippen LogP) is 2.52. The van der Waals surface area contributed by atoms with Gasteiger partial charge in [-0.3, -0.25) is 4.79 Å². The number of likely N-dealkylation sites (N-methyl/N-ethyl adjacent to an activating group) is 1. The molecule has 1 aliphatic carbocycles. The molecule has 0 aliphatic heterocycles. The minimum atomic E-state index is -0.991. The van der Waals surface area contributed by atoms with Crippen molar-refractivity contribution in [2.24, 2.45) is 11.8 Å². The topological polar surface area (TPSA) is 57.6 Å². The van der Waals surface area contributed by atoms with Crippen molar-refractivity contribution in [2.45, 2.75) is 58.4 Å². The summed E-state index contributed by atoms with van der Waals surface area (Å²) in [7, 11) is 1.62. The van der Waals surface area contributed by atoms with E-state index < -0.39 is 11.5 Å². The summed E-state index contributed by atoms with van der Waals surface area (Å²) in [5.74, 6) is 0.133. The van der Waals surface area contributed by atoms with E-state index in [0.29, 0.717) is 24.7 Å². The molecule has 1 saturated carbocycles. The van der Waals surface area contributed by atoms with Crippen molar-refractivity contribution < 1.29 is 14.7 Å². The Labute approximate surface area is 109 Å². The lowest BCUT2D eigenvalue weighted by molar-refractivity contribution is -0.158. The molecule has 1 amide bonds. The van der Waals surface area contributed by atoms with Crippen molar-refractivity contribution in [3.63, 3.8) is 0 Å². The number of carbonyl (C=O) groups is 2. The second-order valence-corrected chi connectivity index (χ2v) is 5.85. The Morgan fingerprint density at radius 3 is 2.33 bits per heavy atom. The molecule has 1 rings (SSSR count). The van der Waals surface area contributed by atoms with Gasteiger partial charge < -0.3 is 10.0 Å². The molecule has 4 heteroatoms. The summed E-state index contributed by atoms with van der Waals surface area (Å²) in [5, 5.41) is 9.56. The van der Waals surface area contributed by atoms with Gasteiger partial charge in [0.05, 0.1) is 0 Å². The molecule has 1 aliphatic rings. The van der Waals surface area contributed by atoms with Gasteiger partial charge in [0.25, 0.3) is 0 Å². The molecule has 18 heavy (non-hydrogen) atoms. The van der Waals surface area contributed by atoms with Crippen molar-refractivity contribution in [1.82, 2.24) is 4.90 Å². The number of hydrogen-bond acceptors (Lipinski definition) is 2. The van der Waals surface area contributed by atoms with Crippen LogP contribution in [-0.4, -0.2) is 34.5 Å². The van der Waals surface area contributed by atoms with Crippen molar-refractivity contribution >= 4 is 11.9 Å². The maximum Gasteiger partial charge on any atom is 0.329 e. The van der Waals surface area contributed by atoms with Gasteiger partial charge >= 0.3 is 5.97 Å². The van der Waals surface area contributed by atoms with E-state index in [2.05, 4.69) is 13.8 Å². The summed E-state index contributed by atoms with van der Waals surface area (Å²) >= 11 is 0.